The van der Waals surface area contributed by atoms with Crippen molar-refractivity contribution in [3.05, 3.63) is 79.3 Å². The van der Waals surface area contributed by atoms with Gasteiger partial charge in [0.1, 0.15) is 24.6 Å². The number of halogens is 5. The van der Waals surface area contributed by atoms with Crippen LogP contribution in [0.4, 0.5) is 11.4 Å². The Hall–Kier alpha value is -4.41. The second kappa shape index (κ2) is 18.7. The molecule has 4 aromatic rings. The van der Waals surface area contributed by atoms with Gasteiger partial charge >= 0.3 is 5.97 Å². The molecule has 2 aromatic heterocycles. The Balaban J connectivity index is 0.000000214. The molecule has 2 aliphatic heterocycles. The number of aromatic nitrogens is 4. The third kappa shape index (κ3) is 9.75. The van der Waals surface area contributed by atoms with Crippen LogP contribution in [-0.4, -0.2) is 124 Å². The first-order valence-corrected chi connectivity index (χ1v) is 19.1. The van der Waals surface area contributed by atoms with E-state index < -0.39 is 11.2 Å². The summed E-state index contributed by atoms with van der Waals surface area (Å²) < 4.78 is 13.3. The van der Waals surface area contributed by atoms with Crippen LogP contribution in [0.15, 0.2) is 36.4 Å². The zero-order chi connectivity index (χ0) is 40.8. The largest absolute Gasteiger partial charge is 0.495 e. The molecule has 4 heterocycles. The molecule has 0 spiro atoms. The maximum Gasteiger partial charge on any atom is 0.357 e. The van der Waals surface area contributed by atoms with Crippen molar-refractivity contribution in [1.29, 1.82) is 0 Å². The topological polar surface area (TPSA) is 156 Å². The van der Waals surface area contributed by atoms with Crippen molar-refractivity contribution in [3.8, 4) is 11.5 Å². The molecule has 2 saturated heterocycles. The minimum absolute atomic E-state index is 0.00445. The lowest BCUT2D eigenvalue weighted by Crippen LogP contribution is -2.49. The zero-order valence-electron chi connectivity index (χ0n) is 30.9. The van der Waals surface area contributed by atoms with Crippen molar-refractivity contribution in [2.24, 2.45) is 0 Å². The number of carbonyl (C=O) groups excluding carboxylic acids is 3. The molecule has 0 aliphatic carbocycles. The highest BCUT2D eigenvalue weighted by Gasteiger charge is 2.27. The number of benzene rings is 2. The summed E-state index contributed by atoms with van der Waals surface area (Å²) >= 11 is 29.7. The number of ether oxygens (including phenoxy) is 2. The number of rotatable bonds is 10. The molecular weight excluding hydrogens is 834 g/mol. The lowest BCUT2D eigenvalue weighted by molar-refractivity contribution is -0.133. The fourth-order valence-corrected chi connectivity index (χ4v) is 7.20. The number of carboxylic acid groups (broad SMARTS) is 1. The van der Waals surface area contributed by atoms with Gasteiger partial charge in [0.05, 0.1) is 45.7 Å². The SMILES string of the molecule is COc1cc(N2CCN(C(=O)Cn3nc(C(=O)Cl)c(Cl)c3C)CC2)ccc1Cl.COc1cc(N2CCN(C(=O)Cn3nc(C(=O)O)c(Cl)c3C)CC2)ccc1Cl. The molecule has 15 nitrogen and oxygen atoms in total. The van der Waals surface area contributed by atoms with Crippen LogP contribution in [-0.2, 0) is 22.7 Å². The van der Waals surface area contributed by atoms with Crippen LogP contribution in [0.3, 0.4) is 0 Å². The standard InChI is InChI=1S/C18H19Cl3N4O3.C18H20Cl2N4O4/c1-11-16(20)17(18(21)27)22-25(11)10-15(26)24-7-5-23(6-8-24)12-3-4-13(19)14(9-12)28-2;1-11-16(20)17(18(26)27)21-24(11)10-15(25)23-7-5-22(6-8-23)12-3-4-13(19)14(9-12)28-2/h3-4,9H,5-8,10H2,1-2H3;3-4,9H,5-8,10H2,1-2H3,(H,26,27). The molecule has 0 saturated carbocycles. The van der Waals surface area contributed by atoms with Crippen LogP contribution in [0.2, 0.25) is 20.1 Å². The minimum Gasteiger partial charge on any atom is -0.495 e. The first-order valence-electron chi connectivity index (χ1n) is 17.2. The van der Waals surface area contributed by atoms with Crippen LogP contribution in [0, 0.1) is 13.8 Å². The molecule has 2 amide bonds. The number of hydrogen-bond acceptors (Lipinski definition) is 10. The van der Waals surface area contributed by atoms with E-state index in [2.05, 4.69) is 20.0 Å². The number of amides is 2. The molecule has 300 valence electrons. The predicted octanol–water partition coefficient (Wildman–Crippen LogP) is 5.79. The van der Waals surface area contributed by atoms with Gasteiger partial charge in [-0.3, -0.25) is 23.7 Å². The Bertz CT molecular complexity index is 1960. The van der Waals surface area contributed by atoms with Crippen molar-refractivity contribution < 1.29 is 33.8 Å². The van der Waals surface area contributed by atoms with Gasteiger partial charge in [0.2, 0.25) is 11.8 Å². The first kappa shape index (κ1) is 42.7. The van der Waals surface area contributed by atoms with Crippen LogP contribution in [0.25, 0.3) is 0 Å². The maximum absolute atomic E-state index is 12.6. The summed E-state index contributed by atoms with van der Waals surface area (Å²) in [5, 5.41) is 17.7. The highest BCUT2D eigenvalue weighted by molar-refractivity contribution is 6.68. The van der Waals surface area contributed by atoms with Gasteiger partial charge in [0.25, 0.3) is 5.24 Å². The molecule has 2 aromatic carbocycles. The van der Waals surface area contributed by atoms with E-state index in [-0.39, 0.29) is 46.3 Å². The van der Waals surface area contributed by atoms with Crippen LogP contribution < -0.4 is 19.3 Å². The predicted molar refractivity (Wildman–Crippen MR) is 215 cm³/mol. The van der Waals surface area contributed by atoms with E-state index in [1.165, 1.54) is 9.36 Å². The van der Waals surface area contributed by atoms with E-state index in [9.17, 15) is 19.2 Å². The van der Waals surface area contributed by atoms with Crippen molar-refractivity contribution in [2.75, 3.05) is 76.4 Å². The monoisotopic (exact) mass is 870 g/mol. The second-order valence-corrected chi connectivity index (χ2v) is 14.7. The Kier molecular flexibility index (Phi) is 14.3. The van der Waals surface area contributed by atoms with Gasteiger partial charge in [0.15, 0.2) is 11.4 Å². The Labute approximate surface area is 348 Å². The third-order valence-electron chi connectivity index (χ3n) is 9.49. The summed E-state index contributed by atoms with van der Waals surface area (Å²) in [5.41, 5.74) is 2.69. The summed E-state index contributed by atoms with van der Waals surface area (Å²) in [7, 11) is 3.15. The molecule has 1 N–H and O–H groups in total. The third-order valence-corrected chi connectivity index (χ3v) is 11.2. The van der Waals surface area contributed by atoms with E-state index in [0.717, 1.165) is 11.4 Å². The number of anilines is 2. The molecule has 0 bridgehead atoms. The van der Waals surface area contributed by atoms with E-state index in [1.54, 1.807) is 50.0 Å². The van der Waals surface area contributed by atoms with Crippen LogP contribution in [0.5, 0.6) is 11.5 Å². The number of methoxy groups -OCH3 is 2. The highest BCUT2D eigenvalue weighted by Crippen LogP contribution is 2.31. The summed E-state index contributed by atoms with van der Waals surface area (Å²) in [4.78, 5) is 55.6. The lowest BCUT2D eigenvalue weighted by atomic mass is 10.2. The zero-order valence-corrected chi connectivity index (χ0v) is 34.7. The summed E-state index contributed by atoms with van der Waals surface area (Å²) in [5.74, 6) is -0.214. The van der Waals surface area contributed by atoms with Crippen molar-refractivity contribution in [2.45, 2.75) is 26.9 Å². The normalized spacial score (nSPS) is 14.3. The summed E-state index contributed by atoms with van der Waals surface area (Å²) in [6, 6.07) is 11.2. The lowest BCUT2D eigenvalue weighted by Gasteiger charge is -2.36. The number of nitrogens with zero attached hydrogens (tertiary/aromatic N) is 8. The number of piperazine rings is 2. The molecular formula is C36H39Cl5N8O7. The van der Waals surface area contributed by atoms with Gasteiger partial charge in [-0.25, -0.2) is 4.79 Å². The molecule has 0 unspecified atom stereocenters. The van der Waals surface area contributed by atoms with Gasteiger partial charge in [-0.2, -0.15) is 10.2 Å². The van der Waals surface area contributed by atoms with Crippen molar-refractivity contribution in [3.63, 3.8) is 0 Å². The molecule has 20 heteroatoms. The fourth-order valence-electron chi connectivity index (χ4n) is 6.19. The molecule has 2 aliphatic rings. The van der Waals surface area contributed by atoms with Crippen LogP contribution >= 0.6 is 58.0 Å². The molecule has 2 fully saturated rings. The smallest absolute Gasteiger partial charge is 0.357 e. The quantitative estimate of drug-likeness (QED) is 0.193. The van der Waals surface area contributed by atoms with Crippen molar-refractivity contribution >= 4 is 92.4 Å². The minimum atomic E-state index is -1.22. The number of carboxylic acids is 1. The van der Waals surface area contributed by atoms with E-state index in [4.69, 9.17) is 72.6 Å². The van der Waals surface area contributed by atoms with Crippen molar-refractivity contribution in [1.82, 2.24) is 29.4 Å². The van der Waals surface area contributed by atoms with Gasteiger partial charge in [0, 0.05) is 75.9 Å². The molecule has 0 radical (unpaired) electrons. The van der Waals surface area contributed by atoms with Gasteiger partial charge < -0.3 is 34.2 Å². The Morgan fingerprint density at radius 2 is 1.02 bits per heavy atom. The summed E-state index contributed by atoms with van der Waals surface area (Å²) in [6.07, 6.45) is 0. The number of carbonyl (C=O) groups is 4. The molecule has 0 atom stereocenters. The van der Waals surface area contributed by atoms with E-state index in [0.29, 0.717) is 85.3 Å². The first-order chi connectivity index (χ1) is 26.6. The van der Waals surface area contributed by atoms with Gasteiger partial charge in [-0.1, -0.05) is 46.4 Å². The Morgan fingerprint density at radius 1 is 0.643 bits per heavy atom. The average molecular weight is 873 g/mol. The molecule has 6 rings (SSSR count). The van der Waals surface area contributed by atoms with E-state index in [1.807, 2.05) is 24.3 Å². The summed E-state index contributed by atoms with van der Waals surface area (Å²) in [6.45, 7) is 8.20. The maximum atomic E-state index is 12.6. The molecule has 56 heavy (non-hydrogen) atoms. The fraction of sp³-hybridized carbons (Fsp3) is 0.389. The van der Waals surface area contributed by atoms with E-state index >= 15 is 0 Å². The number of aromatic carboxylic acids is 1. The van der Waals surface area contributed by atoms with Gasteiger partial charge in [-0.05, 0) is 49.7 Å². The second-order valence-electron chi connectivity index (χ2n) is 12.8. The highest BCUT2D eigenvalue weighted by atomic mass is 35.5. The Morgan fingerprint density at radius 3 is 1.34 bits per heavy atom. The van der Waals surface area contributed by atoms with Crippen LogP contribution in [0.1, 0.15) is 32.4 Å². The number of hydrogen-bond donors (Lipinski definition) is 1. The average Bonchev–Trinajstić information content (AvgIpc) is 3.64. The van der Waals surface area contributed by atoms with Gasteiger partial charge in [-0.15, -0.1) is 0 Å².